The zero-order valence-electron chi connectivity index (χ0n) is 15.9. The second-order valence-electron chi connectivity index (χ2n) is 6.02. The van der Waals surface area contributed by atoms with E-state index in [1.807, 2.05) is 48.5 Å². The van der Waals surface area contributed by atoms with E-state index < -0.39 is 0 Å². The van der Waals surface area contributed by atoms with Crippen LogP contribution < -0.4 is 19.5 Å². The molecular formula is C21H23N3O4. The lowest BCUT2D eigenvalue weighted by atomic mass is 10.1. The van der Waals surface area contributed by atoms with E-state index >= 15 is 0 Å². The Morgan fingerprint density at radius 1 is 1.04 bits per heavy atom. The van der Waals surface area contributed by atoms with Gasteiger partial charge < -0.3 is 19.5 Å². The fourth-order valence-electron chi connectivity index (χ4n) is 2.66. The zero-order chi connectivity index (χ0) is 19.8. The fourth-order valence-corrected chi connectivity index (χ4v) is 2.66. The van der Waals surface area contributed by atoms with E-state index in [2.05, 4.69) is 10.4 Å². The Kier molecular flexibility index (Phi) is 6.51. The van der Waals surface area contributed by atoms with Gasteiger partial charge in [-0.3, -0.25) is 4.79 Å². The lowest BCUT2D eigenvalue weighted by Crippen LogP contribution is -2.26. The number of nitrogens with zero attached hydrogens (tertiary/aromatic N) is 2. The van der Waals surface area contributed by atoms with Crippen LogP contribution in [-0.2, 0) is 13.2 Å². The first-order valence-corrected chi connectivity index (χ1v) is 8.90. The Balaban J connectivity index is 1.48. The van der Waals surface area contributed by atoms with Crippen molar-refractivity contribution >= 4 is 5.91 Å². The van der Waals surface area contributed by atoms with Crippen LogP contribution in [0.1, 0.15) is 16.1 Å². The Hall–Kier alpha value is -3.48. The summed E-state index contributed by atoms with van der Waals surface area (Å²) in [5, 5.41) is 7.12. The molecule has 0 unspecified atom stereocenters. The normalized spacial score (nSPS) is 10.4. The Labute approximate surface area is 163 Å². The standard InChI is InChI=1S/C21H23N3O4/c1-26-19-9-8-16(14-20(19)27-2)10-12-22-21(25)18-11-13-24(23-18)15-28-17-6-4-3-5-7-17/h3-9,11,13-14H,10,12,15H2,1-2H3,(H,22,25). The highest BCUT2D eigenvalue weighted by Crippen LogP contribution is 2.27. The topological polar surface area (TPSA) is 74.6 Å². The van der Waals surface area contributed by atoms with Gasteiger partial charge >= 0.3 is 0 Å². The quantitative estimate of drug-likeness (QED) is 0.617. The van der Waals surface area contributed by atoms with E-state index in [0.29, 0.717) is 30.2 Å². The first kappa shape index (κ1) is 19.3. The summed E-state index contributed by atoms with van der Waals surface area (Å²) in [5.74, 6) is 1.87. The molecule has 0 atom stereocenters. The second-order valence-corrected chi connectivity index (χ2v) is 6.02. The first-order chi connectivity index (χ1) is 13.7. The van der Waals surface area contributed by atoms with E-state index in [-0.39, 0.29) is 12.6 Å². The third-order valence-electron chi connectivity index (χ3n) is 4.13. The van der Waals surface area contributed by atoms with Crippen LogP contribution in [-0.4, -0.2) is 36.5 Å². The molecule has 2 aromatic carbocycles. The van der Waals surface area contributed by atoms with Crippen LogP contribution >= 0.6 is 0 Å². The molecule has 7 heteroatoms. The fraction of sp³-hybridized carbons (Fsp3) is 0.238. The van der Waals surface area contributed by atoms with Crippen LogP contribution in [0.2, 0.25) is 0 Å². The number of ether oxygens (including phenoxy) is 3. The van der Waals surface area contributed by atoms with Crippen LogP contribution in [0.3, 0.4) is 0 Å². The van der Waals surface area contributed by atoms with Crippen molar-refractivity contribution in [3.05, 3.63) is 72.1 Å². The summed E-state index contributed by atoms with van der Waals surface area (Å²) < 4.78 is 17.7. The van der Waals surface area contributed by atoms with Crippen molar-refractivity contribution in [3.8, 4) is 17.2 Å². The number of carbonyl (C=O) groups is 1. The maximum atomic E-state index is 12.3. The summed E-state index contributed by atoms with van der Waals surface area (Å²) in [7, 11) is 3.20. The minimum Gasteiger partial charge on any atom is -0.493 e. The predicted molar refractivity (Wildman–Crippen MR) is 105 cm³/mol. The van der Waals surface area contributed by atoms with Gasteiger partial charge in [-0.2, -0.15) is 5.10 Å². The molecule has 0 radical (unpaired) electrons. The molecule has 0 saturated carbocycles. The van der Waals surface area contributed by atoms with Crippen LogP contribution in [0.25, 0.3) is 0 Å². The van der Waals surface area contributed by atoms with Crippen molar-refractivity contribution in [1.82, 2.24) is 15.1 Å². The highest BCUT2D eigenvalue weighted by Gasteiger charge is 2.10. The number of hydrogen-bond donors (Lipinski definition) is 1. The van der Waals surface area contributed by atoms with Gasteiger partial charge in [-0.1, -0.05) is 24.3 Å². The van der Waals surface area contributed by atoms with E-state index in [0.717, 1.165) is 11.3 Å². The largest absolute Gasteiger partial charge is 0.493 e. The molecule has 0 saturated heterocycles. The molecule has 0 aliphatic carbocycles. The van der Waals surface area contributed by atoms with Crippen molar-refractivity contribution in [3.63, 3.8) is 0 Å². The lowest BCUT2D eigenvalue weighted by Gasteiger charge is -2.10. The molecule has 1 aromatic heterocycles. The van der Waals surface area contributed by atoms with Crippen LogP contribution in [0, 0.1) is 0 Å². The molecule has 0 fully saturated rings. The average molecular weight is 381 g/mol. The summed E-state index contributed by atoms with van der Waals surface area (Å²) in [6.45, 7) is 0.727. The third kappa shape index (κ3) is 5.03. The Morgan fingerprint density at radius 2 is 1.82 bits per heavy atom. The van der Waals surface area contributed by atoms with Gasteiger partial charge in [-0.25, -0.2) is 4.68 Å². The second kappa shape index (κ2) is 9.45. The number of carbonyl (C=O) groups excluding carboxylic acids is 1. The molecule has 7 nitrogen and oxygen atoms in total. The van der Waals surface area contributed by atoms with Crippen molar-refractivity contribution < 1.29 is 19.0 Å². The molecule has 3 rings (SSSR count). The van der Waals surface area contributed by atoms with Gasteiger partial charge in [-0.15, -0.1) is 0 Å². The third-order valence-corrected chi connectivity index (χ3v) is 4.13. The molecule has 3 aromatic rings. The van der Waals surface area contributed by atoms with Gasteiger partial charge in [-0.05, 0) is 42.3 Å². The SMILES string of the molecule is COc1ccc(CCNC(=O)c2ccn(COc3ccccc3)n2)cc1OC. The average Bonchev–Trinajstić information content (AvgIpc) is 3.22. The molecule has 1 N–H and O–H groups in total. The van der Waals surface area contributed by atoms with E-state index in [4.69, 9.17) is 14.2 Å². The van der Waals surface area contributed by atoms with Gasteiger partial charge in [0.25, 0.3) is 5.91 Å². The number of methoxy groups -OCH3 is 2. The Bertz CT molecular complexity index is 909. The van der Waals surface area contributed by atoms with E-state index in [1.54, 1.807) is 31.2 Å². The van der Waals surface area contributed by atoms with Crippen LogP contribution in [0.4, 0.5) is 0 Å². The van der Waals surface area contributed by atoms with E-state index in [1.165, 1.54) is 0 Å². The summed E-state index contributed by atoms with van der Waals surface area (Å²) in [6, 6.07) is 16.8. The van der Waals surface area contributed by atoms with Crippen molar-refractivity contribution in [2.75, 3.05) is 20.8 Å². The summed E-state index contributed by atoms with van der Waals surface area (Å²) in [5.41, 5.74) is 1.39. The number of rotatable bonds is 9. The minimum atomic E-state index is -0.223. The Morgan fingerprint density at radius 3 is 2.57 bits per heavy atom. The zero-order valence-corrected chi connectivity index (χ0v) is 15.9. The van der Waals surface area contributed by atoms with Crippen LogP contribution in [0.5, 0.6) is 17.2 Å². The molecule has 146 valence electrons. The molecular weight excluding hydrogens is 358 g/mol. The number of nitrogens with one attached hydrogen (secondary N) is 1. The number of hydrogen-bond acceptors (Lipinski definition) is 5. The van der Waals surface area contributed by atoms with Crippen molar-refractivity contribution in [2.45, 2.75) is 13.2 Å². The van der Waals surface area contributed by atoms with Gasteiger partial charge in [0.2, 0.25) is 0 Å². The molecule has 1 heterocycles. The number of amides is 1. The molecule has 1 amide bonds. The van der Waals surface area contributed by atoms with Crippen molar-refractivity contribution in [1.29, 1.82) is 0 Å². The first-order valence-electron chi connectivity index (χ1n) is 8.90. The van der Waals surface area contributed by atoms with Gasteiger partial charge in [0.05, 0.1) is 14.2 Å². The number of benzene rings is 2. The molecule has 0 spiro atoms. The smallest absolute Gasteiger partial charge is 0.271 e. The summed E-state index contributed by atoms with van der Waals surface area (Å²) in [6.07, 6.45) is 2.39. The maximum absolute atomic E-state index is 12.3. The number of para-hydroxylation sites is 1. The van der Waals surface area contributed by atoms with Crippen molar-refractivity contribution in [2.24, 2.45) is 0 Å². The molecule has 0 bridgehead atoms. The van der Waals surface area contributed by atoms with Gasteiger partial charge in [0, 0.05) is 12.7 Å². The highest BCUT2D eigenvalue weighted by atomic mass is 16.5. The van der Waals surface area contributed by atoms with Gasteiger partial charge in [0.1, 0.15) is 11.4 Å². The summed E-state index contributed by atoms with van der Waals surface area (Å²) in [4.78, 5) is 12.3. The highest BCUT2D eigenvalue weighted by molar-refractivity contribution is 5.92. The molecule has 28 heavy (non-hydrogen) atoms. The van der Waals surface area contributed by atoms with Gasteiger partial charge in [0.15, 0.2) is 18.2 Å². The summed E-state index contributed by atoms with van der Waals surface area (Å²) >= 11 is 0. The monoisotopic (exact) mass is 381 g/mol. The predicted octanol–water partition coefficient (Wildman–Crippen LogP) is 2.91. The van der Waals surface area contributed by atoms with Crippen LogP contribution in [0.15, 0.2) is 60.8 Å². The molecule has 0 aliphatic heterocycles. The molecule has 0 aliphatic rings. The lowest BCUT2D eigenvalue weighted by molar-refractivity contribution is 0.0947. The maximum Gasteiger partial charge on any atom is 0.271 e. The number of aromatic nitrogens is 2. The van der Waals surface area contributed by atoms with E-state index in [9.17, 15) is 4.79 Å². The minimum absolute atomic E-state index is 0.223.